The first kappa shape index (κ1) is 12.0. The van der Waals surface area contributed by atoms with Gasteiger partial charge in [-0.2, -0.15) is 4.39 Å². The quantitative estimate of drug-likeness (QED) is 0.609. The zero-order valence-electron chi connectivity index (χ0n) is 8.45. The Labute approximate surface area is 107 Å². The van der Waals surface area contributed by atoms with Crippen molar-refractivity contribution >= 4 is 29.5 Å². The molecule has 2 nitrogen and oxygen atoms in total. The number of pyridine rings is 1. The van der Waals surface area contributed by atoms with Gasteiger partial charge in [-0.3, -0.25) is 4.79 Å². The van der Waals surface area contributed by atoms with Crippen molar-refractivity contribution in [2.24, 2.45) is 0 Å². The minimum Gasteiger partial charge on any atom is -0.298 e. The number of aldehydes is 1. The van der Waals surface area contributed by atoms with Gasteiger partial charge in [0.05, 0.1) is 21.3 Å². The van der Waals surface area contributed by atoms with Crippen LogP contribution >= 0.6 is 23.2 Å². The van der Waals surface area contributed by atoms with Crippen molar-refractivity contribution in [2.75, 3.05) is 0 Å². The molecule has 0 N–H and O–H groups in total. The topological polar surface area (TPSA) is 30.0 Å². The number of nitrogens with zero attached hydrogens (tertiary/aromatic N) is 1. The summed E-state index contributed by atoms with van der Waals surface area (Å²) in [5, 5.41) is 0.756. The van der Waals surface area contributed by atoms with Gasteiger partial charge in [0, 0.05) is 5.56 Å². The lowest BCUT2D eigenvalue weighted by molar-refractivity contribution is 0.111. The van der Waals surface area contributed by atoms with Gasteiger partial charge < -0.3 is 0 Å². The number of carbonyl (C=O) groups is 1. The lowest BCUT2D eigenvalue weighted by Gasteiger charge is -2.06. The molecule has 2 rings (SSSR count). The van der Waals surface area contributed by atoms with E-state index < -0.39 is 5.95 Å². The van der Waals surface area contributed by atoms with Crippen molar-refractivity contribution in [3.8, 4) is 11.3 Å². The van der Waals surface area contributed by atoms with Crippen LogP contribution in [-0.4, -0.2) is 11.3 Å². The molecule has 0 atom stereocenters. The molecule has 0 radical (unpaired) electrons. The van der Waals surface area contributed by atoms with E-state index in [2.05, 4.69) is 4.98 Å². The maximum absolute atomic E-state index is 13.4. The zero-order chi connectivity index (χ0) is 12.4. The highest BCUT2D eigenvalue weighted by molar-refractivity contribution is 6.39. The van der Waals surface area contributed by atoms with Gasteiger partial charge in [0.1, 0.15) is 0 Å². The third-order valence-electron chi connectivity index (χ3n) is 2.22. The Morgan fingerprint density at radius 3 is 2.29 bits per heavy atom. The summed E-state index contributed by atoms with van der Waals surface area (Å²) >= 11 is 11.9. The Hall–Kier alpha value is -1.45. The van der Waals surface area contributed by atoms with Crippen LogP contribution in [0.1, 0.15) is 10.4 Å². The minimum atomic E-state index is -0.839. The Morgan fingerprint density at radius 1 is 1.12 bits per heavy atom. The Morgan fingerprint density at radius 2 is 1.76 bits per heavy atom. The standard InChI is InChI=1S/C12H6Cl2FNO/c13-8-2-1-3-9(14)11(8)10-5-4-7(6-17)12(15)16-10/h1-6H. The first-order chi connectivity index (χ1) is 8.13. The molecule has 0 spiro atoms. The fraction of sp³-hybridized carbons (Fsp3) is 0. The van der Waals surface area contributed by atoms with Crippen molar-refractivity contribution in [3.63, 3.8) is 0 Å². The Balaban J connectivity index is 2.61. The normalized spacial score (nSPS) is 10.3. The van der Waals surface area contributed by atoms with Gasteiger partial charge in [-0.25, -0.2) is 4.98 Å². The van der Waals surface area contributed by atoms with Crippen LogP contribution in [0.5, 0.6) is 0 Å². The minimum absolute atomic E-state index is 0.100. The number of rotatable bonds is 2. The lowest BCUT2D eigenvalue weighted by atomic mass is 10.1. The molecule has 0 aliphatic carbocycles. The van der Waals surface area contributed by atoms with E-state index >= 15 is 0 Å². The molecule has 0 unspecified atom stereocenters. The number of hydrogen-bond acceptors (Lipinski definition) is 2. The first-order valence-corrected chi connectivity index (χ1v) is 5.45. The van der Waals surface area contributed by atoms with Crippen LogP contribution in [-0.2, 0) is 0 Å². The molecule has 1 aromatic carbocycles. The molecule has 0 fully saturated rings. The fourth-order valence-electron chi connectivity index (χ4n) is 1.41. The van der Waals surface area contributed by atoms with E-state index in [0.29, 0.717) is 27.6 Å². The summed E-state index contributed by atoms with van der Waals surface area (Å²) in [6, 6.07) is 7.79. The third-order valence-corrected chi connectivity index (χ3v) is 2.85. The van der Waals surface area contributed by atoms with Gasteiger partial charge in [0.15, 0.2) is 6.29 Å². The van der Waals surface area contributed by atoms with Crippen LogP contribution in [0, 0.1) is 5.95 Å². The zero-order valence-corrected chi connectivity index (χ0v) is 9.97. The molecule has 2 aromatic rings. The number of hydrogen-bond donors (Lipinski definition) is 0. The molecule has 0 saturated heterocycles. The van der Waals surface area contributed by atoms with E-state index in [-0.39, 0.29) is 5.56 Å². The van der Waals surface area contributed by atoms with E-state index in [4.69, 9.17) is 23.2 Å². The molecule has 17 heavy (non-hydrogen) atoms. The number of carbonyl (C=O) groups excluding carboxylic acids is 1. The molecule has 5 heteroatoms. The van der Waals surface area contributed by atoms with Crippen LogP contribution < -0.4 is 0 Å². The summed E-state index contributed by atoms with van der Waals surface area (Å²) in [5.74, 6) is -0.839. The largest absolute Gasteiger partial charge is 0.298 e. The predicted octanol–water partition coefficient (Wildman–Crippen LogP) is 4.01. The second-order valence-corrected chi connectivity index (χ2v) is 4.11. The predicted molar refractivity (Wildman–Crippen MR) is 65.0 cm³/mol. The molecule has 0 aliphatic rings. The van der Waals surface area contributed by atoms with Crippen LogP contribution in [0.2, 0.25) is 10.0 Å². The summed E-state index contributed by atoms with van der Waals surface area (Å²) in [6.07, 6.45) is 0.403. The summed E-state index contributed by atoms with van der Waals surface area (Å²) in [7, 11) is 0. The average Bonchev–Trinajstić information content (AvgIpc) is 2.29. The first-order valence-electron chi connectivity index (χ1n) is 4.69. The number of aromatic nitrogens is 1. The maximum atomic E-state index is 13.4. The molecule has 0 aliphatic heterocycles. The lowest BCUT2D eigenvalue weighted by Crippen LogP contribution is -1.95. The van der Waals surface area contributed by atoms with Crippen LogP contribution in [0.25, 0.3) is 11.3 Å². The van der Waals surface area contributed by atoms with Gasteiger partial charge >= 0.3 is 0 Å². The van der Waals surface area contributed by atoms with E-state index in [1.54, 1.807) is 18.2 Å². The fourth-order valence-corrected chi connectivity index (χ4v) is 2.01. The summed E-state index contributed by atoms with van der Waals surface area (Å²) in [4.78, 5) is 14.1. The monoisotopic (exact) mass is 269 g/mol. The van der Waals surface area contributed by atoms with Crippen LogP contribution in [0.15, 0.2) is 30.3 Å². The Bertz CT molecular complexity index is 566. The highest BCUT2D eigenvalue weighted by Crippen LogP contribution is 2.33. The van der Waals surface area contributed by atoms with Crippen LogP contribution in [0.3, 0.4) is 0 Å². The molecular formula is C12H6Cl2FNO. The van der Waals surface area contributed by atoms with E-state index in [1.165, 1.54) is 12.1 Å². The molecule has 1 aromatic heterocycles. The van der Waals surface area contributed by atoms with E-state index in [1.807, 2.05) is 0 Å². The smallest absolute Gasteiger partial charge is 0.224 e. The Kier molecular flexibility index (Phi) is 3.41. The van der Waals surface area contributed by atoms with Crippen molar-refractivity contribution < 1.29 is 9.18 Å². The van der Waals surface area contributed by atoms with Crippen molar-refractivity contribution in [1.82, 2.24) is 4.98 Å². The van der Waals surface area contributed by atoms with Crippen molar-refractivity contribution in [1.29, 1.82) is 0 Å². The summed E-state index contributed by atoms with van der Waals surface area (Å²) in [6.45, 7) is 0. The maximum Gasteiger partial charge on any atom is 0.224 e. The van der Waals surface area contributed by atoms with Gasteiger partial charge in [-0.15, -0.1) is 0 Å². The van der Waals surface area contributed by atoms with Gasteiger partial charge in [-0.05, 0) is 24.3 Å². The summed E-state index contributed by atoms with van der Waals surface area (Å²) in [5.41, 5.74) is 0.646. The van der Waals surface area contributed by atoms with E-state index in [0.717, 1.165) is 0 Å². The molecule has 0 bridgehead atoms. The third kappa shape index (κ3) is 2.30. The molecule has 1 heterocycles. The highest BCUT2D eigenvalue weighted by atomic mass is 35.5. The van der Waals surface area contributed by atoms with Gasteiger partial charge in [0.25, 0.3) is 0 Å². The second-order valence-electron chi connectivity index (χ2n) is 3.29. The molecule has 0 amide bonds. The number of halogens is 3. The molecule has 86 valence electrons. The van der Waals surface area contributed by atoms with Crippen LogP contribution in [0.4, 0.5) is 4.39 Å². The van der Waals surface area contributed by atoms with Crippen molar-refractivity contribution in [2.45, 2.75) is 0 Å². The van der Waals surface area contributed by atoms with Gasteiger partial charge in [-0.1, -0.05) is 29.3 Å². The highest BCUT2D eigenvalue weighted by Gasteiger charge is 2.12. The average molecular weight is 270 g/mol. The molecule has 0 saturated carbocycles. The van der Waals surface area contributed by atoms with Crippen molar-refractivity contribution in [3.05, 3.63) is 51.9 Å². The molecular weight excluding hydrogens is 264 g/mol. The van der Waals surface area contributed by atoms with Gasteiger partial charge in [0.2, 0.25) is 5.95 Å². The number of benzene rings is 1. The second kappa shape index (κ2) is 4.82. The SMILES string of the molecule is O=Cc1ccc(-c2c(Cl)cccc2Cl)nc1F. The summed E-state index contributed by atoms with van der Waals surface area (Å²) < 4.78 is 13.4. The van der Waals surface area contributed by atoms with E-state index in [9.17, 15) is 9.18 Å².